The smallest absolute Gasteiger partial charge is 0.118 e. The van der Waals surface area contributed by atoms with Crippen molar-refractivity contribution in [3.05, 3.63) is 102 Å². The third kappa shape index (κ3) is 5.37. The quantitative estimate of drug-likeness (QED) is 0.258. The first-order chi connectivity index (χ1) is 14.3. The summed E-state index contributed by atoms with van der Waals surface area (Å²) in [4.78, 5) is 0. The fraction of sp³-hybridized carbons (Fsp3) is 0.250. The van der Waals surface area contributed by atoms with Crippen LogP contribution in [0.15, 0.2) is 84.9 Å². The number of benzene rings is 3. The van der Waals surface area contributed by atoms with Gasteiger partial charge in [0.25, 0.3) is 0 Å². The van der Waals surface area contributed by atoms with Gasteiger partial charge in [0, 0.05) is 18.1 Å². The molecule has 0 bridgehead atoms. The van der Waals surface area contributed by atoms with E-state index in [9.17, 15) is 0 Å². The molecule has 2 N–H and O–H groups in total. The second-order valence-corrected chi connectivity index (χ2v) is 9.21. The van der Waals surface area contributed by atoms with Crippen LogP contribution >= 0.6 is 21.6 Å². The van der Waals surface area contributed by atoms with Crippen LogP contribution in [-0.2, 0) is 5.54 Å². The van der Waals surface area contributed by atoms with Gasteiger partial charge in [-0.15, -0.1) is 0 Å². The van der Waals surface area contributed by atoms with Crippen LogP contribution < -0.4 is 10.1 Å². The molecular weight excluding hydrogens is 398 g/mol. The third-order valence-electron chi connectivity index (χ3n) is 4.77. The zero-order chi connectivity index (χ0) is 20.4. The summed E-state index contributed by atoms with van der Waals surface area (Å²) >= 11 is 0. The minimum absolute atomic E-state index is 0.217. The number of hydrogen-bond donors (Lipinski definition) is 2. The normalized spacial score (nSPS) is 11.4. The molecule has 0 fully saturated rings. The van der Waals surface area contributed by atoms with Gasteiger partial charge in [0.05, 0.1) is 19.3 Å². The van der Waals surface area contributed by atoms with Gasteiger partial charge in [-0.3, -0.25) is 5.32 Å². The van der Waals surface area contributed by atoms with Crippen LogP contribution in [0.4, 0.5) is 0 Å². The lowest BCUT2D eigenvalue weighted by Gasteiger charge is -2.37. The second kappa shape index (κ2) is 11.3. The van der Waals surface area contributed by atoms with E-state index < -0.39 is 5.54 Å². The van der Waals surface area contributed by atoms with Crippen molar-refractivity contribution >= 4 is 21.6 Å². The van der Waals surface area contributed by atoms with E-state index in [0.29, 0.717) is 0 Å². The van der Waals surface area contributed by atoms with Gasteiger partial charge in [-0.05, 0) is 28.8 Å². The molecule has 0 aliphatic heterocycles. The lowest BCUT2D eigenvalue weighted by atomic mass is 9.77. The van der Waals surface area contributed by atoms with Crippen molar-refractivity contribution in [1.29, 1.82) is 0 Å². The number of aliphatic hydroxyl groups excluding tert-OH is 1. The largest absolute Gasteiger partial charge is 0.497 e. The molecule has 152 valence electrons. The molecular formula is C24H27NO2S2. The van der Waals surface area contributed by atoms with Gasteiger partial charge >= 0.3 is 0 Å². The predicted molar refractivity (Wildman–Crippen MR) is 126 cm³/mol. The summed E-state index contributed by atoms with van der Waals surface area (Å²) in [6.07, 6.45) is 0. The Morgan fingerprint density at radius 2 is 1.28 bits per heavy atom. The van der Waals surface area contributed by atoms with Crippen LogP contribution in [0.1, 0.15) is 16.7 Å². The Hall–Kier alpha value is -1.92. The Morgan fingerprint density at radius 1 is 0.759 bits per heavy atom. The van der Waals surface area contributed by atoms with E-state index in [1.54, 1.807) is 28.7 Å². The van der Waals surface area contributed by atoms with E-state index in [1.807, 2.05) is 12.1 Å². The summed E-state index contributed by atoms with van der Waals surface area (Å²) < 4.78 is 5.38. The van der Waals surface area contributed by atoms with Gasteiger partial charge in [0.1, 0.15) is 5.75 Å². The average molecular weight is 426 g/mol. The van der Waals surface area contributed by atoms with Crippen LogP contribution in [-0.4, -0.2) is 36.9 Å². The van der Waals surface area contributed by atoms with Crippen LogP contribution in [0, 0.1) is 0 Å². The Kier molecular flexibility index (Phi) is 8.50. The zero-order valence-corrected chi connectivity index (χ0v) is 18.2. The molecule has 3 aromatic rings. The number of rotatable bonds is 11. The predicted octanol–water partition coefficient (Wildman–Crippen LogP) is 4.95. The molecule has 5 heteroatoms. The minimum atomic E-state index is -0.461. The fourth-order valence-electron chi connectivity index (χ4n) is 3.46. The maximum atomic E-state index is 8.98. The molecule has 29 heavy (non-hydrogen) atoms. The topological polar surface area (TPSA) is 41.5 Å². The third-order valence-corrected chi connectivity index (χ3v) is 7.16. The molecule has 0 aliphatic carbocycles. The molecule has 0 spiro atoms. The van der Waals surface area contributed by atoms with Crippen molar-refractivity contribution in [2.75, 3.05) is 31.8 Å². The summed E-state index contributed by atoms with van der Waals surface area (Å²) in [6.45, 7) is 1.05. The molecule has 0 radical (unpaired) electrons. The molecule has 0 aliphatic rings. The molecule has 0 aromatic heterocycles. The molecule has 0 unspecified atom stereocenters. The highest BCUT2D eigenvalue weighted by Gasteiger charge is 2.35. The van der Waals surface area contributed by atoms with Crippen molar-refractivity contribution in [1.82, 2.24) is 5.32 Å². The van der Waals surface area contributed by atoms with E-state index >= 15 is 0 Å². The highest BCUT2D eigenvalue weighted by atomic mass is 33.1. The first kappa shape index (κ1) is 21.8. The zero-order valence-electron chi connectivity index (χ0n) is 16.6. The molecule has 0 amide bonds. The Morgan fingerprint density at radius 3 is 1.79 bits per heavy atom. The molecule has 0 saturated heterocycles. The van der Waals surface area contributed by atoms with Crippen LogP contribution in [0.25, 0.3) is 0 Å². The monoisotopic (exact) mass is 425 g/mol. The van der Waals surface area contributed by atoms with Crippen LogP contribution in [0.2, 0.25) is 0 Å². The van der Waals surface area contributed by atoms with Crippen molar-refractivity contribution in [2.45, 2.75) is 5.54 Å². The number of hydrogen-bond acceptors (Lipinski definition) is 5. The van der Waals surface area contributed by atoms with E-state index in [-0.39, 0.29) is 6.61 Å². The maximum Gasteiger partial charge on any atom is 0.118 e. The molecule has 3 rings (SSSR count). The summed E-state index contributed by atoms with van der Waals surface area (Å²) in [7, 11) is 5.18. The first-order valence-electron chi connectivity index (χ1n) is 9.67. The highest BCUT2D eigenvalue weighted by molar-refractivity contribution is 8.76. The average Bonchev–Trinajstić information content (AvgIpc) is 2.80. The summed E-state index contributed by atoms with van der Waals surface area (Å²) in [5.41, 5.74) is 3.11. The van der Waals surface area contributed by atoms with Gasteiger partial charge in [0.2, 0.25) is 0 Å². The van der Waals surface area contributed by atoms with E-state index in [2.05, 4.69) is 78.1 Å². The number of aliphatic hydroxyl groups is 1. The molecule has 3 aromatic carbocycles. The molecule has 3 nitrogen and oxygen atoms in total. The Balaban J connectivity index is 2.01. The number of methoxy groups -OCH3 is 1. The van der Waals surface area contributed by atoms with Crippen LogP contribution in [0.5, 0.6) is 5.75 Å². The highest BCUT2D eigenvalue weighted by Crippen LogP contribution is 2.37. The number of ether oxygens (including phenoxy) is 1. The van der Waals surface area contributed by atoms with Gasteiger partial charge in [-0.2, -0.15) is 0 Å². The first-order valence-corrected chi connectivity index (χ1v) is 12.2. The summed E-state index contributed by atoms with van der Waals surface area (Å²) in [5.74, 6) is 2.55. The standard InChI is InChI=1S/C24H27NO2S2/c1-27-23-14-12-22(13-15-23)24(20-8-4-2-5-9-20,21-10-6-3-7-11-21)25-16-18-28-29-19-17-26/h2-15,25-26H,16-19H2,1H3. The van der Waals surface area contributed by atoms with Gasteiger partial charge in [-0.25, -0.2) is 0 Å². The summed E-state index contributed by atoms with van der Waals surface area (Å²) in [5, 5.41) is 12.8. The van der Waals surface area contributed by atoms with E-state index in [4.69, 9.17) is 9.84 Å². The van der Waals surface area contributed by atoms with E-state index in [0.717, 1.165) is 23.8 Å². The van der Waals surface area contributed by atoms with E-state index in [1.165, 1.54) is 16.7 Å². The van der Waals surface area contributed by atoms with Gasteiger partial charge < -0.3 is 9.84 Å². The number of nitrogens with one attached hydrogen (secondary N) is 1. The maximum absolute atomic E-state index is 8.98. The lowest BCUT2D eigenvalue weighted by molar-refractivity contribution is 0.323. The van der Waals surface area contributed by atoms with Crippen molar-refractivity contribution < 1.29 is 9.84 Å². The Labute approximate surface area is 181 Å². The minimum Gasteiger partial charge on any atom is -0.497 e. The molecule has 0 atom stereocenters. The van der Waals surface area contributed by atoms with Crippen molar-refractivity contribution in [3.8, 4) is 5.75 Å². The SMILES string of the molecule is COc1ccc(C(NCCSSCCO)(c2ccccc2)c2ccccc2)cc1. The van der Waals surface area contributed by atoms with Gasteiger partial charge in [-0.1, -0.05) is 94.4 Å². The van der Waals surface area contributed by atoms with Gasteiger partial charge in [0.15, 0.2) is 0 Å². The molecule has 0 saturated carbocycles. The van der Waals surface area contributed by atoms with Crippen molar-refractivity contribution in [3.63, 3.8) is 0 Å². The fourth-order valence-corrected chi connectivity index (χ4v) is 5.14. The lowest BCUT2D eigenvalue weighted by Crippen LogP contribution is -2.45. The van der Waals surface area contributed by atoms with Crippen LogP contribution in [0.3, 0.4) is 0 Å². The molecule has 0 heterocycles. The Bertz CT molecular complexity index is 802. The summed E-state index contributed by atoms with van der Waals surface area (Å²) in [6, 6.07) is 29.5. The van der Waals surface area contributed by atoms with Crippen molar-refractivity contribution in [2.24, 2.45) is 0 Å². The second-order valence-electron chi connectivity index (χ2n) is 6.50.